The van der Waals surface area contributed by atoms with Gasteiger partial charge in [-0.15, -0.1) is 0 Å². The molecule has 0 saturated heterocycles. The second-order valence-electron chi connectivity index (χ2n) is 4.27. The van der Waals surface area contributed by atoms with Gasteiger partial charge in [0.05, 0.1) is 6.61 Å². The van der Waals surface area contributed by atoms with Crippen LogP contribution in [0.25, 0.3) is 0 Å². The number of aromatic nitrogens is 2. The number of hydrogen-bond donors (Lipinski definition) is 2. The van der Waals surface area contributed by atoms with Crippen molar-refractivity contribution in [3.8, 4) is 0 Å². The van der Waals surface area contributed by atoms with Crippen molar-refractivity contribution in [2.24, 2.45) is 0 Å². The van der Waals surface area contributed by atoms with E-state index in [0.29, 0.717) is 13.2 Å². The lowest BCUT2D eigenvalue weighted by molar-refractivity contribution is 0.102. The molecule has 6 nitrogen and oxygen atoms in total. The van der Waals surface area contributed by atoms with Gasteiger partial charge in [-0.3, -0.25) is 4.79 Å². The van der Waals surface area contributed by atoms with Crippen LogP contribution in [0.15, 0.2) is 30.5 Å². The quantitative estimate of drug-likeness (QED) is 0.799. The summed E-state index contributed by atoms with van der Waals surface area (Å²) in [6, 6.07) is 4.50. The molecule has 1 amide bonds. The molecule has 0 unspecified atom stereocenters. The Bertz CT molecular complexity index is 667. The normalized spacial score (nSPS) is 10.3. The Morgan fingerprint density at radius 3 is 2.82 bits per heavy atom. The summed E-state index contributed by atoms with van der Waals surface area (Å²) in [5, 5.41) is 5.32. The van der Waals surface area contributed by atoms with Crippen molar-refractivity contribution in [2.75, 3.05) is 30.9 Å². The third kappa shape index (κ3) is 4.19. The zero-order valence-electron chi connectivity index (χ0n) is 11.8. The molecule has 0 fully saturated rings. The number of methoxy groups -OCH3 is 1. The van der Waals surface area contributed by atoms with Crippen LogP contribution in [-0.2, 0) is 4.74 Å². The molecule has 22 heavy (non-hydrogen) atoms. The molecule has 1 heterocycles. The number of benzene rings is 1. The predicted octanol–water partition coefficient (Wildman–Crippen LogP) is 2.07. The van der Waals surface area contributed by atoms with Gasteiger partial charge in [-0.1, -0.05) is 0 Å². The molecule has 2 N–H and O–H groups in total. The summed E-state index contributed by atoms with van der Waals surface area (Å²) in [5.74, 6) is -2.30. The van der Waals surface area contributed by atoms with Crippen molar-refractivity contribution in [1.82, 2.24) is 9.97 Å². The lowest BCUT2D eigenvalue weighted by atomic mass is 10.3. The molecule has 0 saturated carbocycles. The highest BCUT2D eigenvalue weighted by atomic mass is 19.2. The summed E-state index contributed by atoms with van der Waals surface area (Å²) < 4.78 is 30.8. The molecule has 1 aromatic heterocycles. The highest BCUT2D eigenvalue weighted by Crippen LogP contribution is 2.14. The van der Waals surface area contributed by atoms with E-state index in [-0.39, 0.29) is 17.3 Å². The van der Waals surface area contributed by atoms with Crippen molar-refractivity contribution < 1.29 is 18.3 Å². The van der Waals surface area contributed by atoms with E-state index in [2.05, 4.69) is 20.6 Å². The number of hydrogen-bond acceptors (Lipinski definition) is 5. The zero-order chi connectivity index (χ0) is 15.9. The standard InChI is InChI=1S/C14H14F2N4O2/c1-22-7-6-18-14-17-5-4-12(20-14)13(21)19-9-2-3-10(15)11(16)8-9/h2-5,8H,6-7H2,1H3,(H,19,21)(H,17,18,20). The van der Waals surface area contributed by atoms with Gasteiger partial charge in [-0.25, -0.2) is 18.7 Å². The second kappa shape index (κ2) is 7.41. The van der Waals surface area contributed by atoms with Crippen LogP contribution in [-0.4, -0.2) is 36.1 Å². The van der Waals surface area contributed by atoms with Gasteiger partial charge in [0.15, 0.2) is 11.6 Å². The van der Waals surface area contributed by atoms with E-state index in [4.69, 9.17) is 4.74 Å². The summed E-state index contributed by atoms with van der Waals surface area (Å²) in [7, 11) is 1.56. The maximum Gasteiger partial charge on any atom is 0.274 e. The van der Waals surface area contributed by atoms with Gasteiger partial charge in [0.1, 0.15) is 5.69 Å². The SMILES string of the molecule is COCCNc1nccc(C(=O)Nc2ccc(F)c(F)c2)n1. The zero-order valence-corrected chi connectivity index (χ0v) is 11.8. The Morgan fingerprint density at radius 2 is 2.09 bits per heavy atom. The first kappa shape index (κ1) is 15.8. The van der Waals surface area contributed by atoms with Crippen molar-refractivity contribution >= 4 is 17.5 Å². The van der Waals surface area contributed by atoms with Crippen molar-refractivity contribution in [1.29, 1.82) is 0 Å². The minimum atomic E-state index is -1.04. The van der Waals surface area contributed by atoms with E-state index in [1.165, 1.54) is 18.3 Å². The van der Waals surface area contributed by atoms with Crippen LogP contribution in [0.2, 0.25) is 0 Å². The van der Waals surface area contributed by atoms with Crippen LogP contribution in [0.1, 0.15) is 10.5 Å². The first-order valence-corrected chi connectivity index (χ1v) is 6.42. The lowest BCUT2D eigenvalue weighted by Crippen LogP contribution is -2.16. The van der Waals surface area contributed by atoms with E-state index in [0.717, 1.165) is 12.1 Å². The summed E-state index contributed by atoms with van der Waals surface area (Å²) in [6.45, 7) is 0.958. The molecule has 0 radical (unpaired) electrons. The number of anilines is 2. The van der Waals surface area contributed by atoms with Crippen LogP contribution in [0, 0.1) is 11.6 Å². The van der Waals surface area contributed by atoms with Gasteiger partial charge < -0.3 is 15.4 Å². The van der Waals surface area contributed by atoms with E-state index in [9.17, 15) is 13.6 Å². The Kier molecular flexibility index (Phi) is 5.31. The minimum absolute atomic E-state index is 0.0969. The summed E-state index contributed by atoms with van der Waals surface area (Å²) in [5.41, 5.74) is 0.232. The number of nitrogens with one attached hydrogen (secondary N) is 2. The van der Waals surface area contributed by atoms with Crippen molar-refractivity contribution in [3.63, 3.8) is 0 Å². The van der Waals surface area contributed by atoms with E-state index in [1.54, 1.807) is 7.11 Å². The van der Waals surface area contributed by atoms with Gasteiger partial charge in [0.25, 0.3) is 5.91 Å². The molecule has 0 aliphatic rings. The number of nitrogens with zero attached hydrogens (tertiary/aromatic N) is 2. The summed E-state index contributed by atoms with van der Waals surface area (Å²) in [4.78, 5) is 20.0. The molecule has 0 bridgehead atoms. The first-order valence-electron chi connectivity index (χ1n) is 6.42. The van der Waals surface area contributed by atoms with Gasteiger partial charge in [0, 0.05) is 31.6 Å². The molecule has 0 aliphatic heterocycles. The van der Waals surface area contributed by atoms with Gasteiger partial charge in [0.2, 0.25) is 5.95 Å². The topological polar surface area (TPSA) is 76.1 Å². The Hall–Kier alpha value is -2.61. The third-order valence-corrected chi connectivity index (χ3v) is 2.65. The highest BCUT2D eigenvalue weighted by Gasteiger charge is 2.10. The molecule has 0 atom stereocenters. The van der Waals surface area contributed by atoms with Crippen LogP contribution >= 0.6 is 0 Å². The van der Waals surface area contributed by atoms with Crippen LogP contribution in [0.4, 0.5) is 20.4 Å². The van der Waals surface area contributed by atoms with Crippen molar-refractivity contribution in [3.05, 3.63) is 47.8 Å². The summed E-state index contributed by atoms with van der Waals surface area (Å²) >= 11 is 0. The Labute approximate surface area is 125 Å². The van der Waals surface area contributed by atoms with Crippen LogP contribution in [0.5, 0.6) is 0 Å². The number of rotatable bonds is 6. The maximum absolute atomic E-state index is 13.1. The van der Waals surface area contributed by atoms with E-state index < -0.39 is 17.5 Å². The van der Waals surface area contributed by atoms with Crippen molar-refractivity contribution in [2.45, 2.75) is 0 Å². The van der Waals surface area contributed by atoms with Crippen LogP contribution < -0.4 is 10.6 Å². The lowest BCUT2D eigenvalue weighted by Gasteiger charge is -2.07. The van der Waals surface area contributed by atoms with E-state index in [1.807, 2.05) is 0 Å². The molecule has 0 aliphatic carbocycles. The fourth-order valence-electron chi connectivity index (χ4n) is 1.60. The number of halogens is 2. The Balaban J connectivity index is 2.05. The summed E-state index contributed by atoms with van der Waals surface area (Å²) in [6.07, 6.45) is 1.42. The fraction of sp³-hybridized carbons (Fsp3) is 0.214. The smallest absolute Gasteiger partial charge is 0.274 e. The fourth-order valence-corrected chi connectivity index (χ4v) is 1.60. The largest absolute Gasteiger partial charge is 0.383 e. The minimum Gasteiger partial charge on any atom is -0.383 e. The van der Waals surface area contributed by atoms with Gasteiger partial charge in [-0.05, 0) is 18.2 Å². The molecule has 1 aromatic carbocycles. The van der Waals surface area contributed by atoms with Gasteiger partial charge >= 0.3 is 0 Å². The molecule has 2 aromatic rings. The molecule has 2 rings (SSSR count). The molecular formula is C14H14F2N4O2. The highest BCUT2D eigenvalue weighted by molar-refractivity contribution is 6.02. The first-order chi connectivity index (χ1) is 10.6. The molecular weight excluding hydrogens is 294 g/mol. The third-order valence-electron chi connectivity index (χ3n) is 2.65. The monoisotopic (exact) mass is 308 g/mol. The molecule has 0 spiro atoms. The van der Waals surface area contributed by atoms with E-state index >= 15 is 0 Å². The molecule has 116 valence electrons. The maximum atomic E-state index is 13.1. The van der Waals surface area contributed by atoms with Gasteiger partial charge in [-0.2, -0.15) is 0 Å². The predicted molar refractivity (Wildman–Crippen MR) is 76.7 cm³/mol. The average Bonchev–Trinajstić information content (AvgIpc) is 2.51. The number of ether oxygens (including phenoxy) is 1. The molecule has 8 heteroatoms. The van der Waals surface area contributed by atoms with Crippen LogP contribution in [0.3, 0.4) is 0 Å². The Morgan fingerprint density at radius 1 is 1.27 bits per heavy atom. The number of carbonyl (C=O) groups is 1. The number of carbonyl (C=O) groups excluding carboxylic acids is 1. The second-order valence-corrected chi connectivity index (χ2v) is 4.27. The average molecular weight is 308 g/mol. The number of amides is 1.